The summed E-state index contributed by atoms with van der Waals surface area (Å²) >= 11 is 4.75. The fourth-order valence-corrected chi connectivity index (χ4v) is 2.78. The summed E-state index contributed by atoms with van der Waals surface area (Å²) in [5.74, 6) is -1.47. The Labute approximate surface area is 163 Å². The van der Waals surface area contributed by atoms with Crippen LogP contribution in [-0.4, -0.2) is 42.2 Å². The third kappa shape index (κ3) is 3.58. The van der Waals surface area contributed by atoms with Gasteiger partial charge in [-0.2, -0.15) is 0 Å². The van der Waals surface area contributed by atoms with Crippen molar-refractivity contribution in [1.29, 1.82) is 0 Å². The Morgan fingerprint density at radius 1 is 1.11 bits per heavy atom. The first kappa shape index (κ1) is 19.1. The molecule has 1 fully saturated rings. The van der Waals surface area contributed by atoms with Gasteiger partial charge in [0.15, 0.2) is 5.11 Å². The molecule has 144 valence electrons. The van der Waals surface area contributed by atoms with Crippen molar-refractivity contribution in [3.05, 3.63) is 41.2 Å². The number of rotatable bonds is 5. The molecule has 1 aliphatic rings. The van der Waals surface area contributed by atoms with Gasteiger partial charge in [-0.05, 0) is 42.6 Å². The van der Waals surface area contributed by atoms with Gasteiger partial charge < -0.3 is 19.0 Å². The average molecular weight is 402 g/mol. The quantitative estimate of drug-likeness (QED) is 0.391. The number of thiocarbonyl (C=S) groups is 1. The van der Waals surface area contributed by atoms with Crippen LogP contribution in [0.15, 0.2) is 34.3 Å². The molecule has 1 aromatic heterocycles. The number of hydrogen-bond acceptors (Lipinski definition) is 7. The molecule has 2 heterocycles. The van der Waals surface area contributed by atoms with Crippen LogP contribution in [0.5, 0.6) is 11.5 Å². The van der Waals surface area contributed by atoms with E-state index in [2.05, 4.69) is 10.6 Å². The maximum atomic E-state index is 11.9. The molecule has 0 aliphatic carbocycles. The Morgan fingerprint density at radius 3 is 2.18 bits per heavy atom. The second-order valence-corrected chi connectivity index (χ2v) is 5.97. The number of aromatic carboxylic acids is 1. The minimum atomic E-state index is -1.14. The van der Waals surface area contributed by atoms with E-state index in [4.69, 9.17) is 26.1 Å². The monoisotopic (exact) mass is 402 g/mol. The van der Waals surface area contributed by atoms with E-state index in [0.717, 1.165) is 0 Å². The summed E-state index contributed by atoms with van der Waals surface area (Å²) in [7, 11) is 2.77. The molecule has 1 aromatic carbocycles. The normalized spacial score (nSPS) is 13.6. The van der Waals surface area contributed by atoms with Crippen molar-refractivity contribution in [3.63, 3.8) is 0 Å². The fourth-order valence-electron chi connectivity index (χ4n) is 2.59. The van der Waals surface area contributed by atoms with Crippen molar-refractivity contribution < 1.29 is 33.4 Å². The topological polar surface area (TPSA) is 127 Å². The molecular formula is C18H14N2O7S. The molecule has 1 saturated heterocycles. The first-order valence-corrected chi connectivity index (χ1v) is 8.22. The van der Waals surface area contributed by atoms with Gasteiger partial charge in [0.05, 0.1) is 19.8 Å². The molecule has 0 atom stereocenters. The van der Waals surface area contributed by atoms with Gasteiger partial charge in [-0.3, -0.25) is 20.2 Å². The van der Waals surface area contributed by atoms with E-state index in [1.165, 1.54) is 32.4 Å². The maximum absolute atomic E-state index is 11.9. The Balaban J connectivity index is 2.04. The van der Waals surface area contributed by atoms with Gasteiger partial charge in [0, 0.05) is 0 Å². The summed E-state index contributed by atoms with van der Waals surface area (Å²) < 4.78 is 16.3. The van der Waals surface area contributed by atoms with Crippen molar-refractivity contribution in [1.82, 2.24) is 10.6 Å². The molecule has 0 bridgehead atoms. The van der Waals surface area contributed by atoms with Gasteiger partial charge in [0.1, 0.15) is 34.2 Å². The van der Waals surface area contributed by atoms with Crippen molar-refractivity contribution >= 4 is 41.2 Å². The molecule has 3 N–H and O–H groups in total. The van der Waals surface area contributed by atoms with E-state index in [-0.39, 0.29) is 33.5 Å². The van der Waals surface area contributed by atoms with Crippen molar-refractivity contribution in [2.75, 3.05) is 14.2 Å². The van der Waals surface area contributed by atoms with Crippen molar-refractivity contribution in [2.45, 2.75) is 0 Å². The summed E-state index contributed by atoms with van der Waals surface area (Å²) in [6.07, 6.45) is 1.26. The Kier molecular flexibility index (Phi) is 5.14. The summed E-state index contributed by atoms with van der Waals surface area (Å²) in [6.45, 7) is 0. The number of hydrogen-bond donors (Lipinski definition) is 3. The first-order valence-electron chi connectivity index (χ1n) is 7.82. The van der Waals surface area contributed by atoms with Gasteiger partial charge in [-0.1, -0.05) is 0 Å². The summed E-state index contributed by atoms with van der Waals surface area (Å²) in [5, 5.41) is 13.8. The highest BCUT2D eigenvalue weighted by atomic mass is 32.1. The van der Waals surface area contributed by atoms with Crippen LogP contribution >= 0.6 is 12.2 Å². The van der Waals surface area contributed by atoms with Crippen LogP contribution < -0.4 is 20.1 Å². The number of methoxy groups -OCH3 is 2. The van der Waals surface area contributed by atoms with E-state index in [9.17, 15) is 19.5 Å². The van der Waals surface area contributed by atoms with E-state index in [1.807, 2.05) is 0 Å². The summed E-state index contributed by atoms with van der Waals surface area (Å²) in [4.78, 5) is 35.1. The van der Waals surface area contributed by atoms with Crippen LogP contribution in [0.3, 0.4) is 0 Å². The number of benzene rings is 1. The largest absolute Gasteiger partial charge is 0.496 e. The van der Waals surface area contributed by atoms with Gasteiger partial charge in [0.2, 0.25) is 0 Å². The smallest absolute Gasteiger partial charge is 0.335 e. The summed E-state index contributed by atoms with van der Waals surface area (Å²) in [5.41, 5.74) is 0.200. The molecular weight excluding hydrogens is 388 g/mol. The van der Waals surface area contributed by atoms with Gasteiger partial charge in [0.25, 0.3) is 11.8 Å². The van der Waals surface area contributed by atoms with E-state index in [1.54, 1.807) is 12.1 Å². The Hall–Kier alpha value is -3.66. The van der Waals surface area contributed by atoms with Crippen LogP contribution in [0.2, 0.25) is 0 Å². The zero-order chi connectivity index (χ0) is 20.4. The number of ether oxygens (including phenoxy) is 2. The number of carboxylic acid groups (broad SMARTS) is 1. The molecule has 9 nitrogen and oxygen atoms in total. The Bertz CT molecular complexity index is 991. The standard InChI is InChI=1S/C18H14N2O7S/c1-25-12-5-8(17(23)24)6-13(26-2)14(12)11-4-3-9(27-11)7-10-15(21)19-18(28)20-16(10)22/h3-7H,1-2H3,(H,23,24)(H2,19,20,21,22,28). The SMILES string of the molecule is COc1cc(C(=O)O)cc(OC)c1-c1ccc(C=C2C(=O)NC(=S)NC2=O)o1. The molecule has 10 heteroatoms. The van der Waals surface area contributed by atoms with Crippen molar-refractivity contribution in [3.8, 4) is 22.8 Å². The first-order chi connectivity index (χ1) is 13.3. The van der Waals surface area contributed by atoms with Crippen LogP contribution in [-0.2, 0) is 9.59 Å². The highest BCUT2D eigenvalue weighted by molar-refractivity contribution is 7.80. The lowest BCUT2D eigenvalue weighted by Gasteiger charge is -2.15. The molecule has 2 aromatic rings. The Morgan fingerprint density at radius 2 is 1.68 bits per heavy atom. The lowest BCUT2D eigenvalue weighted by molar-refractivity contribution is -0.123. The molecule has 1 aliphatic heterocycles. The predicted octanol–water partition coefficient (Wildman–Crippen LogP) is 1.58. The second-order valence-electron chi connectivity index (χ2n) is 5.56. The highest BCUT2D eigenvalue weighted by Gasteiger charge is 2.26. The van der Waals surface area contributed by atoms with Gasteiger partial charge in [-0.15, -0.1) is 0 Å². The predicted molar refractivity (Wildman–Crippen MR) is 101 cm³/mol. The zero-order valence-electron chi connectivity index (χ0n) is 14.7. The minimum absolute atomic E-state index is 0.0159. The number of nitrogens with one attached hydrogen (secondary N) is 2. The molecule has 0 spiro atoms. The van der Waals surface area contributed by atoms with E-state index in [0.29, 0.717) is 11.3 Å². The molecule has 2 amide bonds. The number of furan rings is 1. The minimum Gasteiger partial charge on any atom is -0.496 e. The van der Waals surface area contributed by atoms with Crippen LogP contribution in [0.1, 0.15) is 16.1 Å². The average Bonchev–Trinajstić information content (AvgIpc) is 3.11. The molecule has 0 unspecified atom stereocenters. The summed E-state index contributed by atoms with van der Waals surface area (Å²) in [6, 6.07) is 5.80. The van der Waals surface area contributed by atoms with Gasteiger partial charge >= 0.3 is 5.97 Å². The number of amides is 2. The number of carbonyl (C=O) groups is 3. The second kappa shape index (κ2) is 7.53. The third-order valence-electron chi connectivity index (χ3n) is 3.86. The molecule has 28 heavy (non-hydrogen) atoms. The maximum Gasteiger partial charge on any atom is 0.335 e. The van der Waals surface area contributed by atoms with Gasteiger partial charge in [-0.25, -0.2) is 4.79 Å². The van der Waals surface area contributed by atoms with Crippen molar-refractivity contribution in [2.24, 2.45) is 0 Å². The highest BCUT2D eigenvalue weighted by Crippen LogP contribution is 2.40. The lowest BCUT2D eigenvalue weighted by Crippen LogP contribution is -2.51. The molecule has 0 radical (unpaired) electrons. The van der Waals surface area contributed by atoms with Crippen LogP contribution in [0.25, 0.3) is 17.4 Å². The lowest BCUT2D eigenvalue weighted by atomic mass is 10.1. The third-order valence-corrected chi connectivity index (χ3v) is 4.06. The van der Waals surface area contributed by atoms with Crippen LogP contribution in [0.4, 0.5) is 0 Å². The zero-order valence-corrected chi connectivity index (χ0v) is 15.5. The number of carbonyl (C=O) groups excluding carboxylic acids is 2. The number of carboxylic acids is 1. The fraction of sp³-hybridized carbons (Fsp3) is 0.111. The van der Waals surface area contributed by atoms with Crippen LogP contribution in [0, 0.1) is 0 Å². The molecule has 0 saturated carbocycles. The molecule has 3 rings (SSSR count). The van der Waals surface area contributed by atoms with E-state index >= 15 is 0 Å². The van der Waals surface area contributed by atoms with E-state index < -0.39 is 17.8 Å².